The van der Waals surface area contributed by atoms with Crippen molar-refractivity contribution in [3.63, 3.8) is 0 Å². The van der Waals surface area contributed by atoms with E-state index in [0.717, 1.165) is 15.7 Å². The zero-order valence-corrected chi connectivity index (χ0v) is 10.4. The van der Waals surface area contributed by atoms with E-state index in [1.165, 1.54) is 0 Å². The molecule has 16 heavy (non-hydrogen) atoms. The third kappa shape index (κ3) is 2.09. The van der Waals surface area contributed by atoms with Gasteiger partial charge in [-0.1, -0.05) is 13.0 Å². The molecular weight excluding hydrogens is 270 g/mol. The van der Waals surface area contributed by atoms with Crippen LogP contribution in [0, 0.1) is 5.92 Å². The number of carbonyl (C=O) groups excluding carboxylic acids is 1. The first-order valence-corrected chi connectivity index (χ1v) is 5.79. The molecule has 5 heteroatoms. The largest absolute Gasteiger partial charge is 0.398 e. The van der Waals surface area contributed by atoms with E-state index < -0.39 is 0 Å². The van der Waals surface area contributed by atoms with E-state index in [2.05, 4.69) is 26.5 Å². The first-order valence-electron chi connectivity index (χ1n) is 4.99. The first-order chi connectivity index (χ1) is 7.58. The van der Waals surface area contributed by atoms with E-state index in [0.29, 0.717) is 12.1 Å². The number of nitrogens with zero attached hydrogens (tertiary/aromatic N) is 1. The molecule has 3 N–H and O–H groups in total. The standard InChI is InChI=1S/C11H12BrN3O/c1-6-4-10(16)14-15-11(6)7-2-3-9(13)8(12)5-7/h2-3,5-6H,4,13H2,1H3,(H,14,16)/t6-/m1/s1. The van der Waals surface area contributed by atoms with Gasteiger partial charge < -0.3 is 5.73 Å². The van der Waals surface area contributed by atoms with Gasteiger partial charge in [-0.05, 0) is 33.6 Å². The Morgan fingerprint density at radius 1 is 1.56 bits per heavy atom. The minimum atomic E-state index is -0.0363. The number of anilines is 1. The Hall–Kier alpha value is -1.36. The van der Waals surface area contributed by atoms with Gasteiger partial charge in [0, 0.05) is 22.5 Å². The maximum Gasteiger partial charge on any atom is 0.240 e. The van der Waals surface area contributed by atoms with E-state index in [9.17, 15) is 4.79 Å². The zero-order chi connectivity index (χ0) is 11.7. The average molecular weight is 282 g/mol. The molecule has 2 rings (SSSR count). The molecule has 1 aliphatic rings. The van der Waals surface area contributed by atoms with Crippen LogP contribution in [0.4, 0.5) is 5.69 Å². The topological polar surface area (TPSA) is 67.5 Å². The van der Waals surface area contributed by atoms with Crippen molar-refractivity contribution in [2.24, 2.45) is 11.0 Å². The second kappa shape index (κ2) is 4.25. The first kappa shape index (κ1) is 11.1. The van der Waals surface area contributed by atoms with E-state index in [4.69, 9.17) is 5.73 Å². The Morgan fingerprint density at radius 3 is 2.94 bits per heavy atom. The third-order valence-corrected chi connectivity index (χ3v) is 3.24. The summed E-state index contributed by atoms with van der Waals surface area (Å²) in [6, 6.07) is 5.65. The molecule has 1 atom stereocenters. The lowest BCUT2D eigenvalue weighted by molar-refractivity contribution is -0.121. The highest BCUT2D eigenvalue weighted by atomic mass is 79.9. The van der Waals surface area contributed by atoms with Crippen molar-refractivity contribution in [1.29, 1.82) is 0 Å². The molecule has 1 amide bonds. The van der Waals surface area contributed by atoms with Crippen LogP contribution in [0.15, 0.2) is 27.8 Å². The van der Waals surface area contributed by atoms with Crippen LogP contribution in [0.25, 0.3) is 0 Å². The van der Waals surface area contributed by atoms with Crippen LogP contribution in [-0.2, 0) is 4.79 Å². The molecule has 0 aliphatic carbocycles. The number of nitrogens with two attached hydrogens (primary N) is 1. The summed E-state index contributed by atoms with van der Waals surface area (Å²) in [5.74, 6) is 0.0926. The fourth-order valence-electron chi connectivity index (χ4n) is 1.69. The molecule has 0 saturated heterocycles. The van der Waals surface area contributed by atoms with Gasteiger partial charge in [-0.3, -0.25) is 4.79 Å². The lowest BCUT2D eigenvalue weighted by Crippen LogP contribution is -2.31. The van der Waals surface area contributed by atoms with Gasteiger partial charge in [0.1, 0.15) is 0 Å². The number of halogens is 1. The normalized spacial score (nSPS) is 20.2. The van der Waals surface area contributed by atoms with Crippen molar-refractivity contribution in [2.75, 3.05) is 5.73 Å². The number of benzene rings is 1. The molecule has 0 unspecified atom stereocenters. The summed E-state index contributed by atoms with van der Waals surface area (Å²) in [7, 11) is 0. The van der Waals surface area contributed by atoms with Gasteiger partial charge in [0.25, 0.3) is 0 Å². The van der Waals surface area contributed by atoms with E-state index >= 15 is 0 Å². The van der Waals surface area contributed by atoms with Gasteiger partial charge in [-0.25, -0.2) is 5.43 Å². The van der Waals surface area contributed by atoms with Crippen LogP contribution in [0.3, 0.4) is 0 Å². The minimum absolute atomic E-state index is 0.0363. The average Bonchev–Trinajstić information content (AvgIpc) is 2.22. The lowest BCUT2D eigenvalue weighted by atomic mass is 9.94. The van der Waals surface area contributed by atoms with Crippen molar-refractivity contribution in [1.82, 2.24) is 5.43 Å². The van der Waals surface area contributed by atoms with Crippen LogP contribution in [0.1, 0.15) is 18.9 Å². The number of nitrogen functional groups attached to an aromatic ring is 1. The summed E-state index contributed by atoms with van der Waals surface area (Å²) in [5, 5.41) is 4.09. The predicted octanol–water partition coefficient (Wildman–Crippen LogP) is 1.89. The maximum absolute atomic E-state index is 11.1. The monoisotopic (exact) mass is 281 g/mol. The Labute approximate surface area is 102 Å². The molecule has 1 aromatic carbocycles. The molecule has 0 saturated carbocycles. The number of hydrazone groups is 1. The minimum Gasteiger partial charge on any atom is -0.398 e. The van der Waals surface area contributed by atoms with E-state index in [-0.39, 0.29) is 11.8 Å². The predicted molar refractivity (Wildman–Crippen MR) is 67.0 cm³/mol. The Bertz CT molecular complexity index is 470. The van der Waals surface area contributed by atoms with Gasteiger partial charge in [0.2, 0.25) is 5.91 Å². The zero-order valence-electron chi connectivity index (χ0n) is 8.83. The molecule has 0 radical (unpaired) electrons. The molecule has 0 spiro atoms. The lowest BCUT2D eigenvalue weighted by Gasteiger charge is -2.19. The maximum atomic E-state index is 11.1. The summed E-state index contributed by atoms with van der Waals surface area (Å²) >= 11 is 3.38. The summed E-state index contributed by atoms with van der Waals surface area (Å²) in [6.45, 7) is 1.99. The van der Waals surface area contributed by atoms with Crippen LogP contribution in [0.5, 0.6) is 0 Å². The number of hydrogen-bond acceptors (Lipinski definition) is 3. The second-order valence-electron chi connectivity index (χ2n) is 3.87. The van der Waals surface area contributed by atoms with Crippen LogP contribution < -0.4 is 11.2 Å². The third-order valence-electron chi connectivity index (χ3n) is 2.56. The van der Waals surface area contributed by atoms with Crippen LogP contribution in [-0.4, -0.2) is 11.6 Å². The summed E-state index contributed by atoms with van der Waals surface area (Å²) in [4.78, 5) is 11.1. The van der Waals surface area contributed by atoms with Crippen LogP contribution in [0.2, 0.25) is 0 Å². The smallest absolute Gasteiger partial charge is 0.240 e. The van der Waals surface area contributed by atoms with Crippen molar-refractivity contribution < 1.29 is 4.79 Å². The molecule has 1 aliphatic heterocycles. The van der Waals surface area contributed by atoms with Gasteiger partial charge >= 0.3 is 0 Å². The Balaban J connectivity index is 2.37. The number of rotatable bonds is 1. The quantitative estimate of drug-likeness (QED) is 0.772. The van der Waals surface area contributed by atoms with Crippen molar-refractivity contribution in [3.05, 3.63) is 28.2 Å². The van der Waals surface area contributed by atoms with E-state index in [1.54, 1.807) is 0 Å². The fourth-order valence-corrected chi connectivity index (χ4v) is 2.07. The summed E-state index contributed by atoms with van der Waals surface area (Å²) in [5.41, 5.74) is 10.8. The number of hydrogen-bond donors (Lipinski definition) is 2. The Kier molecular flexibility index (Phi) is 2.96. The molecule has 0 aromatic heterocycles. The highest BCUT2D eigenvalue weighted by molar-refractivity contribution is 9.10. The molecular formula is C11H12BrN3O. The molecule has 1 aromatic rings. The van der Waals surface area contributed by atoms with Gasteiger partial charge in [-0.15, -0.1) is 0 Å². The highest BCUT2D eigenvalue weighted by Gasteiger charge is 2.21. The van der Waals surface area contributed by atoms with Gasteiger partial charge in [0.15, 0.2) is 0 Å². The highest BCUT2D eigenvalue weighted by Crippen LogP contribution is 2.24. The Morgan fingerprint density at radius 2 is 2.31 bits per heavy atom. The van der Waals surface area contributed by atoms with Gasteiger partial charge in [-0.2, -0.15) is 5.10 Å². The fraction of sp³-hybridized carbons (Fsp3) is 0.273. The number of amides is 1. The summed E-state index contributed by atoms with van der Waals surface area (Å²) in [6.07, 6.45) is 0.473. The van der Waals surface area contributed by atoms with Crippen molar-refractivity contribution >= 4 is 33.2 Å². The number of carbonyl (C=O) groups is 1. The second-order valence-corrected chi connectivity index (χ2v) is 4.73. The molecule has 4 nitrogen and oxygen atoms in total. The molecule has 1 heterocycles. The molecule has 0 fully saturated rings. The number of nitrogens with one attached hydrogen (secondary N) is 1. The molecule has 84 valence electrons. The van der Waals surface area contributed by atoms with Crippen molar-refractivity contribution in [3.8, 4) is 0 Å². The van der Waals surface area contributed by atoms with Gasteiger partial charge in [0.05, 0.1) is 5.71 Å². The summed E-state index contributed by atoms with van der Waals surface area (Å²) < 4.78 is 0.844. The van der Waals surface area contributed by atoms with Crippen LogP contribution >= 0.6 is 15.9 Å². The SMILES string of the molecule is C[C@@H]1CC(=O)NN=C1c1ccc(N)c(Br)c1. The molecule has 0 bridgehead atoms. The van der Waals surface area contributed by atoms with Crippen molar-refractivity contribution in [2.45, 2.75) is 13.3 Å². The van der Waals surface area contributed by atoms with E-state index in [1.807, 2.05) is 25.1 Å².